The van der Waals surface area contributed by atoms with Crippen molar-refractivity contribution in [2.45, 2.75) is 54.4 Å². The molecule has 134 valence electrons. The second-order valence-electron chi connectivity index (χ2n) is 7.91. The lowest BCUT2D eigenvalue weighted by atomic mass is 10.2. The molecule has 0 heterocycles. The van der Waals surface area contributed by atoms with Crippen LogP contribution in [0.25, 0.3) is 0 Å². The SMILES string of the molecule is CC(C)(C)[Si](OC1C[C@H](Br)[C@@H](Br)C1)(c1ccccc1)c1ccccc1. The van der Waals surface area contributed by atoms with Crippen molar-refractivity contribution in [3.05, 3.63) is 60.7 Å². The van der Waals surface area contributed by atoms with Crippen molar-refractivity contribution in [1.82, 2.24) is 0 Å². The normalized spacial score (nSPS) is 22.3. The van der Waals surface area contributed by atoms with E-state index in [0.29, 0.717) is 9.65 Å². The maximum atomic E-state index is 7.16. The fourth-order valence-electron chi connectivity index (χ4n) is 3.93. The molecular formula is C21H26Br2OSi. The summed E-state index contributed by atoms with van der Waals surface area (Å²) in [6.45, 7) is 7.02. The van der Waals surface area contributed by atoms with Crippen LogP contribution >= 0.6 is 31.9 Å². The van der Waals surface area contributed by atoms with E-state index in [4.69, 9.17) is 4.43 Å². The van der Waals surface area contributed by atoms with Crippen LogP contribution in [0.3, 0.4) is 0 Å². The van der Waals surface area contributed by atoms with Crippen LogP contribution in [0.1, 0.15) is 33.6 Å². The van der Waals surface area contributed by atoms with E-state index < -0.39 is 8.32 Å². The van der Waals surface area contributed by atoms with Gasteiger partial charge in [-0.1, -0.05) is 113 Å². The van der Waals surface area contributed by atoms with E-state index in [9.17, 15) is 0 Å². The molecule has 25 heavy (non-hydrogen) atoms. The molecule has 0 radical (unpaired) electrons. The number of benzene rings is 2. The van der Waals surface area contributed by atoms with E-state index in [1.54, 1.807) is 0 Å². The zero-order valence-electron chi connectivity index (χ0n) is 15.1. The molecule has 0 amide bonds. The summed E-state index contributed by atoms with van der Waals surface area (Å²) in [5.41, 5.74) is 0. The summed E-state index contributed by atoms with van der Waals surface area (Å²) in [5.74, 6) is 0. The highest BCUT2D eigenvalue weighted by molar-refractivity contribution is 9.12. The lowest BCUT2D eigenvalue weighted by molar-refractivity contribution is 0.196. The van der Waals surface area contributed by atoms with Crippen LogP contribution in [0.4, 0.5) is 0 Å². The Labute approximate surface area is 169 Å². The van der Waals surface area contributed by atoms with Gasteiger partial charge in [-0.25, -0.2) is 0 Å². The van der Waals surface area contributed by atoms with Gasteiger partial charge in [-0.2, -0.15) is 0 Å². The largest absolute Gasteiger partial charge is 0.404 e. The summed E-state index contributed by atoms with van der Waals surface area (Å²) in [7, 11) is -2.42. The topological polar surface area (TPSA) is 9.23 Å². The smallest absolute Gasteiger partial charge is 0.261 e. The first-order chi connectivity index (χ1) is 11.8. The van der Waals surface area contributed by atoms with E-state index >= 15 is 0 Å². The van der Waals surface area contributed by atoms with Gasteiger partial charge in [0.2, 0.25) is 0 Å². The minimum absolute atomic E-state index is 0.0436. The van der Waals surface area contributed by atoms with Crippen LogP contribution in [0, 0.1) is 0 Å². The van der Waals surface area contributed by atoms with E-state index in [2.05, 4.69) is 113 Å². The van der Waals surface area contributed by atoms with Crippen molar-refractivity contribution in [2.24, 2.45) is 0 Å². The minimum Gasteiger partial charge on any atom is -0.404 e. The highest BCUT2D eigenvalue weighted by atomic mass is 79.9. The van der Waals surface area contributed by atoms with E-state index in [-0.39, 0.29) is 11.1 Å². The molecule has 1 aliphatic rings. The lowest BCUT2D eigenvalue weighted by Gasteiger charge is -2.44. The zero-order chi connectivity index (χ0) is 18.1. The molecule has 1 nitrogen and oxygen atoms in total. The molecule has 0 N–H and O–H groups in total. The Hall–Kier alpha value is -0.423. The number of rotatable bonds is 4. The number of alkyl halides is 2. The molecule has 0 aliphatic heterocycles. The van der Waals surface area contributed by atoms with E-state index in [1.807, 2.05) is 0 Å². The van der Waals surface area contributed by atoms with Crippen molar-refractivity contribution in [2.75, 3.05) is 0 Å². The average molecular weight is 482 g/mol. The van der Waals surface area contributed by atoms with Gasteiger partial charge < -0.3 is 4.43 Å². The number of hydrogen-bond donors (Lipinski definition) is 0. The van der Waals surface area contributed by atoms with Gasteiger partial charge in [-0.05, 0) is 28.3 Å². The van der Waals surface area contributed by atoms with Gasteiger partial charge in [0.1, 0.15) is 0 Å². The van der Waals surface area contributed by atoms with Crippen LogP contribution in [-0.4, -0.2) is 24.1 Å². The quantitative estimate of drug-likeness (QED) is 0.427. The maximum absolute atomic E-state index is 7.16. The van der Waals surface area contributed by atoms with Crippen molar-refractivity contribution in [3.8, 4) is 0 Å². The van der Waals surface area contributed by atoms with Gasteiger partial charge in [0, 0.05) is 15.8 Å². The van der Waals surface area contributed by atoms with Crippen LogP contribution < -0.4 is 10.4 Å². The fourth-order valence-corrected chi connectivity index (χ4v) is 9.90. The first-order valence-electron chi connectivity index (χ1n) is 8.91. The van der Waals surface area contributed by atoms with Crippen LogP contribution in [0.5, 0.6) is 0 Å². The Morgan fingerprint density at radius 1 is 0.800 bits per heavy atom. The second kappa shape index (κ2) is 7.67. The molecule has 2 aromatic rings. The van der Waals surface area contributed by atoms with Gasteiger partial charge in [-0.3, -0.25) is 0 Å². The Morgan fingerprint density at radius 3 is 1.56 bits per heavy atom. The summed E-state index contributed by atoms with van der Waals surface area (Å²) in [6.07, 6.45) is 2.39. The Kier molecular flexibility index (Phi) is 5.94. The van der Waals surface area contributed by atoms with Crippen LogP contribution in [-0.2, 0) is 4.43 Å². The van der Waals surface area contributed by atoms with Gasteiger partial charge in [0.25, 0.3) is 8.32 Å². The van der Waals surface area contributed by atoms with Crippen molar-refractivity contribution in [1.29, 1.82) is 0 Å². The van der Waals surface area contributed by atoms with Gasteiger partial charge in [0.15, 0.2) is 0 Å². The molecule has 3 rings (SSSR count). The third-order valence-electron chi connectivity index (χ3n) is 5.13. The van der Waals surface area contributed by atoms with Crippen LogP contribution in [0.15, 0.2) is 60.7 Å². The lowest BCUT2D eigenvalue weighted by Crippen LogP contribution is -2.67. The average Bonchev–Trinajstić information content (AvgIpc) is 2.91. The molecule has 0 spiro atoms. The first kappa shape index (κ1) is 19.3. The maximum Gasteiger partial charge on any atom is 0.261 e. The third-order valence-corrected chi connectivity index (χ3v) is 13.0. The Balaban J connectivity index is 2.12. The summed E-state index contributed by atoms with van der Waals surface area (Å²) in [4.78, 5) is 0.964. The second-order valence-corrected chi connectivity index (χ2v) is 14.5. The van der Waals surface area contributed by atoms with Crippen molar-refractivity contribution < 1.29 is 4.43 Å². The summed E-state index contributed by atoms with van der Waals surface area (Å²) in [6, 6.07) is 21.8. The summed E-state index contributed by atoms with van der Waals surface area (Å²) >= 11 is 7.61. The third kappa shape index (κ3) is 3.82. The zero-order valence-corrected chi connectivity index (χ0v) is 19.3. The predicted molar refractivity (Wildman–Crippen MR) is 117 cm³/mol. The molecule has 1 fully saturated rings. The Bertz CT molecular complexity index is 635. The van der Waals surface area contributed by atoms with Crippen LogP contribution in [0.2, 0.25) is 5.04 Å². The molecule has 2 aromatic carbocycles. The van der Waals surface area contributed by atoms with E-state index in [1.165, 1.54) is 10.4 Å². The molecule has 4 heteroatoms. The highest BCUT2D eigenvalue weighted by Crippen LogP contribution is 2.41. The fraction of sp³-hybridized carbons (Fsp3) is 0.429. The molecule has 0 saturated heterocycles. The molecule has 0 aromatic heterocycles. The number of halogens is 2. The van der Waals surface area contributed by atoms with Crippen molar-refractivity contribution >= 4 is 50.6 Å². The number of hydrogen-bond acceptors (Lipinski definition) is 1. The molecule has 0 unspecified atom stereocenters. The molecule has 2 atom stereocenters. The first-order valence-corrected chi connectivity index (χ1v) is 12.7. The van der Waals surface area contributed by atoms with E-state index in [0.717, 1.165) is 12.8 Å². The standard InChI is InChI=1S/C21H26Br2OSi/c1-21(2,3)25(17-10-6-4-7-11-17,18-12-8-5-9-13-18)24-16-14-19(22)20(23)15-16/h4-13,16,19-20H,14-15H2,1-3H3/t19-,20-/m0/s1. The Morgan fingerprint density at radius 2 is 1.20 bits per heavy atom. The predicted octanol–water partition coefficient (Wildman–Crippen LogP) is 5.25. The van der Waals surface area contributed by atoms with Gasteiger partial charge >= 0.3 is 0 Å². The monoisotopic (exact) mass is 480 g/mol. The summed E-state index contributed by atoms with van der Waals surface area (Å²) < 4.78 is 7.16. The molecule has 0 bridgehead atoms. The van der Waals surface area contributed by atoms with Gasteiger partial charge in [0.05, 0.1) is 0 Å². The minimum atomic E-state index is -2.42. The summed E-state index contributed by atoms with van der Waals surface area (Å²) in [5, 5.41) is 2.76. The highest BCUT2D eigenvalue weighted by Gasteiger charge is 2.52. The van der Waals surface area contributed by atoms with Gasteiger partial charge in [-0.15, -0.1) is 0 Å². The molecule has 1 aliphatic carbocycles. The molecule has 1 saturated carbocycles. The molecular weight excluding hydrogens is 456 g/mol. The van der Waals surface area contributed by atoms with Crippen molar-refractivity contribution in [3.63, 3.8) is 0 Å².